The van der Waals surface area contributed by atoms with Crippen LogP contribution >= 0.6 is 0 Å². The van der Waals surface area contributed by atoms with Crippen LogP contribution in [0, 0.1) is 5.92 Å². The Morgan fingerprint density at radius 3 is 2.45 bits per heavy atom. The van der Waals surface area contributed by atoms with Crippen LogP contribution in [-0.4, -0.2) is 17.7 Å². The number of rotatable bonds is 3. The van der Waals surface area contributed by atoms with E-state index in [4.69, 9.17) is 4.74 Å². The maximum atomic E-state index is 12.0. The highest BCUT2D eigenvalue weighted by molar-refractivity contribution is 5.80. The Hall–Kier alpha value is -2.29. The summed E-state index contributed by atoms with van der Waals surface area (Å²) in [6, 6.07) is 16.9. The molecule has 0 bridgehead atoms. The summed E-state index contributed by atoms with van der Waals surface area (Å²) in [6.07, 6.45) is 0.769. The predicted octanol–water partition coefficient (Wildman–Crippen LogP) is 2.89. The molecule has 1 saturated heterocycles. The predicted molar refractivity (Wildman–Crippen MR) is 75.4 cm³/mol. The fourth-order valence-corrected chi connectivity index (χ4v) is 2.75. The summed E-state index contributed by atoms with van der Waals surface area (Å²) in [7, 11) is 0. The topological polar surface area (TPSA) is 46.5 Å². The third kappa shape index (κ3) is 2.52. The van der Waals surface area contributed by atoms with Gasteiger partial charge in [-0.1, -0.05) is 42.5 Å². The number of hydrogen-bond donors (Lipinski definition) is 1. The van der Waals surface area contributed by atoms with Gasteiger partial charge >= 0.3 is 5.97 Å². The van der Waals surface area contributed by atoms with E-state index in [1.807, 2.05) is 42.5 Å². The molecule has 0 aromatic heterocycles. The molecule has 0 amide bonds. The van der Waals surface area contributed by atoms with Crippen LogP contribution in [0.15, 0.2) is 54.6 Å². The van der Waals surface area contributed by atoms with Crippen molar-refractivity contribution in [2.45, 2.75) is 12.3 Å². The summed E-state index contributed by atoms with van der Waals surface area (Å²) >= 11 is 0. The van der Waals surface area contributed by atoms with Gasteiger partial charge in [0.1, 0.15) is 5.75 Å². The van der Waals surface area contributed by atoms with E-state index in [-0.39, 0.29) is 23.6 Å². The van der Waals surface area contributed by atoms with E-state index in [1.165, 1.54) is 0 Å². The maximum Gasteiger partial charge on any atom is 0.313 e. The number of ether oxygens (including phenoxy) is 1. The summed E-state index contributed by atoms with van der Waals surface area (Å²) < 4.78 is 5.24. The standard InChI is InChI=1S/C17H16O3/c18-15-8-6-12(7-9-15)10-14-11-20-17(19)16(14)13-4-2-1-3-5-13/h1-9,14,16,18H,10-11H2/t14-,16+/m1/s1. The van der Waals surface area contributed by atoms with E-state index >= 15 is 0 Å². The first kappa shape index (κ1) is 12.7. The van der Waals surface area contributed by atoms with Crippen LogP contribution in [0.25, 0.3) is 0 Å². The molecule has 1 heterocycles. The molecule has 1 aliphatic heterocycles. The Morgan fingerprint density at radius 1 is 1.05 bits per heavy atom. The molecule has 0 spiro atoms. The molecule has 20 heavy (non-hydrogen) atoms. The normalized spacial score (nSPS) is 21.7. The Kier molecular flexibility index (Phi) is 3.42. The van der Waals surface area contributed by atoms with Crippen molar-refractivity contribution < 1.29 is 14.6 Å². The lowest BCUT2D eigenvalue weighted by atomic mass is 9.84. The molecule has 2 aromatic carbocycles. The second-order valence-corrected chi connectivity index (χ2v) is 5.15. The maximum absolute atomic E-state index is 12.0. The first-order chi connectivity index (χ1) is 9.74. The van der Waals surface area contributed by atoms with Crippen molar-refractivity contribution in [1.29, 1.82) is 0 Å². The zero-order valence-electron chi connectivity index (χ0n) is 11.0. The molecular weight excluding hydrogens is 252 g/mol. The van der Waals surface area contributed by atoms with Gasteiger partial charge in [0.05, 0.1) is 12.5 Å². The third-order valence-corrected chi connectivity index (χ3v) is 3.76. The first-order valence-corrected chi connectivity index (χ1v) is 6.73. The smallest absolute Gasteiger partial charge is 0.313 e. The number of carbonyl (C=O) groups is 1. The number of phenolic OH excluding ortho intramolecular Hbond substituents is 1. The molecule has 2 aromatic rings. The van der Waals surface area contributed by atoms with Crippen molar-refractivity contribution in [3.63, 3.8) is 0 Å². The van der Waals surface area contributed by atoms with Gasteiger partial charge in [0, 0.05) is 5.92 Å². The number of cyclic esters (lactones) is 1. The van der Waals surface area contributed by atoms with E-state index < -0.39 is 0 Å². The van der Waals surface area contributed by atoms with Crippen molar-refractivity contribution in [1.82, 2.24) is 0 Å². The van der Waals surface area contributed by atoms with Gasteiger partial charge in [0.15, 0.2) is 0 Å². The van der Waals surface area contributed by atoms with Gasteiger partial charge in [-0.2, -0.15) is 0 Å². The number of hydrogen-bond acceptors (Lipinski definition) is 3. The fourth-order valence-electron chi connectivity index (χ4n) is 2.75. The van der Waals surface area contributed by atoms with Crippen molar-refractivity contribution >= 4 is 5.97 Å². The Balaban J connectivity index is 1.82. The van der Waals surface area contributed by atoms with Crippen LogP contribution in [0.4, 0.5) is 0 Å². The second-order valence-electron chi connectivity index (χ2n) is 5.15. The van der Waals surface area contributed by atoms with Crippen molar-refractivity contribution in [3.8, 4) is 5.75 Å². The lowest BCUT2D eigenvalue weighted by molar-refractivity contribution is -0.139. The molecule has 1 aliphatic rings. The van der Waals surface area contributed by atoms with Crippen molar-refractivity contribution in [2.75, 3.05) is 6.61 Å². The Bertz CT molecular complexity index is 589. The number of phenols is 1. The minimum Gasteiger partial charge on any atom is -0.508 e. The highest BCUT2D eigenvalue weighted by Gasteiger charge is 2.37. The molecule has 1 fully saturated rings. The Morgan fingerprint density at radius 2 is 1.75 bits per heavy atom. The SMILES string of the molecule is O=C1OC[C@@H](Cc2ccc(O)cc2)[C@@H]1c1ccccc1. The van der Waals surface area contributed by atoms with Gasteiger partial charge in [-0.15, -0.1) is 0 Å². The highest BCUT2D eigenvalue weighted by atomic mass is 16.5. The summed E-state index contributed by atoms with van der Waals surface area (Å²) in [5, 5.41) is 9.31. The molecule has 0 saturated carbocycles. The van der Waals surface area contributed by atoms with Gasteiger partial charge in [-0.3, -0.25) is 4.79 Å². The van der Waals surface area contributed by atoms with Gasteiger partial charge in [0.25, 0.3) is 0 Å². The van der Waals surface area contributed by atoms with Crippen molar-refractivity contribution in [3.05, 3.63) is 65.7 Å². The molecule has 0 unspecified atom stereocenters. The molecule has 0 radical (unpaired) electrons. The zero-order chi connectivity index (χ0) is 13.9. The first-order valence-electron chi connectivity index (χ1n) is 6.73. The monoisotopic (exact) mass is 268 g/mol. The van der Waals surface area contributed by atoms with Crippen LogP contribution in [-0.2, 0) is 16.0 Å². The van der Waals surface area contributed by atoms with E-state index in [0.29, 0.717) is 6.61 Å². The molecule has 3 nitrogen and oxygen atoms in total. The average molecular weight is 268 g/mol. The molecule has 2 atom stereocenters. The van der Waals surface area contributed by atoms with E-state index in [1.54, 1.807) is 12.1 Å². The third-order valence-electron chi connectivity index (χ3n) is 3.76. The van der Waals surface area contributed by atoms with Crippen LogP contribution < -0.4 is 0 Å². The van der Waals surface area contributed by atoms with Gasteiger partial charge in [0.2, 0.25) is 0 Å². The number of carbonyl (C=O) groups excluding carboxylic acids is 1. The summed E-state index contributed by atoms with van der Waals surface area (Å²) in [4.78, 5) is 12.0. The lowest BCUT2D eigenvalue weighted by Crippen LogP contribution is -2.16. The largest absolute Gasteiger partial charge is 0.508 e. The van der Waals surface area contributed by atoms with Crippen LogP contribution in [0.3, 0.4) is 0 Å². The number of benzene rings is 2. The van der Waals surface area contributed by atoms with Crippen LogP contribution in [0.1, 0.15) is 17.0 Å². The van der Waals surface area contributed by atoms with E-state index in [2.05, 4.69) is 0 Å². The molecule has 1 N–H and O–H groups in total. The second kappa shape index (κ2) is 5.37. The number of aromatic hydroxyl groups is 1. The fraction of sp³-hybridized carbons (Fsp3) is 0.235. The van der Waals surface area contributed by atoms with Crippen LogP contribution in [0.2, 0.25) is 0 Å². The minimum atomic E-state index is -0.190. The summed E-state index contributed by atoms with van der Waals surface area (Å²) in [5.74, 6) is 0.0755. The Labute approximate surface area is 117 Å². The molecule has 3 heteroatoms. The van der Waals surface area contributed by atoms with E-state index in [0.717, 1.165) is 17.5 Å². The van der Waals surface area contributed by atoms with Gasteiger partial charge in [-0.05, 0) is 29.7 Å². The highest BCUT2D eigenvalue weighted by Crippen LogP contribution is 2.34. The molecule has 3 rings (SSSR count). The van der Waals surface area contributed by atoms with Crippen LogP contribution in [0.5, 0.6) is 5.75 Å². The molecular formula is C17H16O3. The quantitative estimate of drug-likeness (QED) is 0.871. The summed E-state index contributed by atoms with van der Waals surface area (Å²) in [5.41, 5.74) is 2.12. The van der Waals surface area contributed by atoms with Gasteiger partial charge in [-0.25, -0.2) is 0 Å². The van der Waals surface area contributed by atoms with Crippen molar-refractivity contribution in [2.24, 2.45) is 5.92 Å². The number of esters is 1. The summed E-state index contributed by atoms with van der Waals surface area (Å²) in [6.45, 7) is 0.458. The molecule has 102 valence electrons. The lowest BCUT2D eigenvalue weighted by Gasteiger charge is -2.15. The van der Waals surface area contributed by atoms with Gasteiger partial charge < -0.3 is 9.84 Å². The zero-order valence-corrected chi connectivity index (χ0v) is 11.0. The average Bonchev–Trinajstić information content (AvgIpc) is 2.83. The van der Waals surface area contributed by atoms with E-state index in [9.17, 15) is 9.90 Å². The minimum absolute atomic E-state index is 0.139. The molecule has 0 aliphatic carbocycles.